The minimum atomic E-state index is -0.186. The van der Waals surface area contributed by atoms with Crippen molar-refractivity contribution < 1.29 is 0 Å². The molecule has 0 unspecified atom stereocenters. The molecule has 0 saturated heterocycles. The van der Waals surface area contributed by atoms with Crippen molar-refractivity contribution in [2.45, 2.75) is 0 Å². The molecule has 0 bridgehead atoms. The van der Waals surface area contributed by atoms with Crippen molar-refractivity contribution in [1.82, 2.24) is 27.4 Å². The first-order valence-electron chi connectivity index (χ1n) is 25.2. The second-order valence-electron chi connectivity index (χ2n) is 19.3. The van der Waals surface area contributed by atoms with Crippen LogP contribution in [0.15, 0.2) is 260 Å². The van der Waals surface area contributed by atoms with Crippen LogP contribution in [-0.4, -0.2) is 27.4 Å². The summed E-state index contributed by atoms with van der Waals surface area (Å²) in [6.45, 7) is 0. The van der Waals surface area contributed by atoms with Gasteiger partial charge >= 0.3 is 5.69 Å². The zero-order chi connectivity index (χ0) is 48.6. The molecule has 7 nitrogen and oxygen atoms in total. The highest BCUT2D eigenvalue weighted by Gasteiger charge is 2.26. The molecule has 346 valence electrons. The Morgan fingerprint density at radius 2 is 0.405 bits per heavy atom. The first-order chi connectivity index (χ1) is 36.7. The predicted molar refractivity (Wildman–Crippen MR) is 306 cm³/mol. The number of hydrogen-bond acceptors (Lipinski definition) is 1. The van der Waals surface area contributed by atoms with Crippen molar-refractivity contribution in [2.24, 2.45) is 0 Å². The first kappa shape index (κ1) is 40.6. The topological polar surface area (TPSA) is 46.6 Å². The van der Waals surface area contributed by atoms with Gasteiger partial charge in [-0.2, -0.15) is 0 Å². The average molecular weight is 947 g/mol. The monoisotopic (exact) mass is 946 g/mol. The van der Waals surface area contributed by atoms with Crippen molar-refractivity contribution in [3.63, 3.8) is 0 Å². The normalized spacial score (nSPS) is 12.1. The average Bonchev–Trinajstić information content (AvgIpc) is 4.26. The van der Waals surface area contributed by atoms with Gasteiger partial charge in [-0.05, 0) is 97.1 Å². The van der Waals surface area contributed by atoms with E-state index >= 15 is 4.79 Å². The highest BCUT2D eigenvalue weighted by Crippen LogP contribution is 2.41. The van der Waals surface area contributed by atoms with E-state index in [9.17, 15) is 0 Å². The fourth-order valence-corrected chi connectivity index (χ4v) is 12.4. The van der Waals surface area contributed by atoms with E-state index in [4.69, 9.17) is 0 Å². The maximum Gasteiger partial charge on any atom is 0.338 e. The molecule has 11 aromatic carbocycles. The molecule has 0 radical (unpaired) electrons. The second-order valence-corrected chi connectivity index (χ2v) is 19.3. The van der Waals surface area contributed by atoms with Gasteiger partial charge in [-0.15, -0.1) is 0 Å². The minimum absolute atomic E-state index is 0.186. The highest BCUT2D eigenvalue weighted by atomic mass is 16.1. The Kier molecular flexibility index (Phi) is 8.47. The number of rotatable bonds is 6. The lowest BCUT2D eigenvalue weighted by Gasteiger charge is -2.18. The molecule has 5 heterocycles. The van der Waals surface area contributed by atoms with Gasteiger partial charge in [0.1, 0.15) is 0 Å². The fourth-order valence-electron chi connectivity index (χ4n) is 12.4. The standard InChI is InChI=1S/C67H42N6O/c74-67-72(65-41-43(68-53-27-9-1-19-45(53)46-20-2-10-28-54(46)68)37-39-63(65)70-57-31-13-5-23-49(57)50-24-6-14-32-58(50)70)61-35-17-18-36-62(61)73(67)66-42-44(69-55-29-11-3-21-47(55)48-22-4-12-30-56(48)69)38-40-64(66)71-59-33-15-7-25-51(59)52-26-8-16-34-60(52)71/h1-42H. The third kappa shape index (κ3) is 5.57. The number of imidazole rings is 1. The number of para-hydroxylation sites is 10. The van der Waals surface area contributed by atoms with E-state index in [0.717, 1.165) is 111 Å². The highest BCUT2D eigenvalue weighted by molar-refractivity contribution is 6.13. The molecule has 0 saturated carbocycles. The maximum atomic E-state index is 16.7. The number of hydrogen-bond donors (Lipinski definition) is 0. The van der Waals surface area contributed by atoms with Crippen LogP contribution >= 0.6 is 0 Å². The molecule has 0 amide bonds. The van der Waals surface area contributed by atoms with Gasteiger partial charge in [0.15, 0.2) is 0 Å². The van der Waals surface area contributed by atoms with E-state index < -0.39 is 0 Å². The second kappa shape index (κ2) is 15.4. The summed E-state index contributed by atoms with van der Waals surface area (Å²) in [5.41, 5.74) is 15.2. The number of benzene rings is 11. The van der Waals surface area contributed by atoms with Crippen LogP contribution in [0.25, 0.3) is 132 Å². The number of fused-ring (bicyclic) bond motifs is 13. The predicted octanol–water partition coefficient (Wildman–Crippen LogP) is 16.2. The molecule has 0 N–H and O–H groups in total. The fraction of sp³-hybridized carbons (Fsp3) is 0. The van der Waals surface area contributed by atoms with Crippen LogP contribution in [0.1, 0.15) is 0 Å². The van der Waals surface area contributed by atoms with E-state index in [0.29, 0.717) is 0 Å². The van der Waals surface area contributed by atoms with Crippen LogP contribution in [-0.2, 0) is 0 Å². The first-order valence-corrected chi connectivity index (χ1v) is 25.2. The van der Waals surface area contributed by atoms with E-state index in [1.54, 1.807) is 0 Å². The molecule has 5 aromatic heterocycles. The lowest BCUT2D eigenvalue weighted by Crippen LogP contribution is -2.24. The van der Waals surface area contributed by atoms with Crippen LogP contribution in [0.3, 0.4) is 0 Å². The molecule has 0 atom stereocenters. The van der Waals surface area contributed by atoms with Gasteiger partial charge in [-0.1, -0.05) is 158 Å². The molecule has 74 heavy (non-hydrogen) atoms. The van der Waals surface area contributed by atoms with Gasteiger partial charge < -0.3 is 18.3 Å². The van der Waals surface area contributed by atoms with Crippen LogP contribution in [0.2, 0.25) is 0 Å². The molecular weight excluding hydrogens is 905 g/mol. The summed E-state index contributed by atoms with van der Waals surface area (Å²) in [5.74, 6) is 0. The van der Waals surface area contributed by atoms with Crippen LogP contribution in [0.5, 0.6) is 0 Å². The van der Waals surface area contributed by atoms with E-state index in [2.05, 4.69) is 261 Å². The Morgan fingerprint density at radius 1 is 0.189 bits per heavy atom. The summed E-state index contributed by atoms with van der Waals surface area (Å²) >= 11 is 0. The Hall–Kier alpha value is -10.1. The Balaban J connectivity index is 1.05. The molecule has 0 spiro atoms. The number of nitrogens with zero attached hydrogens (tertiary/aromatic N) is 6. The summed E-state index contributed by atoms with van der Waals surface area (Å²) in [6, 6.07) is 90.2. The molecule has 0 aliphatic rings. The largest absolute Gasteiger partial charge is 0.338 e. The number of aromatic nitrogens is 6. The van der Waals surface area contributed by atoms with Crippen molar-refractivity contribution in [1.29, 1.82) is 0 Å². The van der Waals surface area contributed by atoms with Crippen LogP contribution in [0.4, 0.5) is 0 Å². The molecule has 7 heteroatoms. The van der Waals surface area contributed by atoms with Crippen molar-refractivity contribution in [3.05, 3.63) is 265 Å². The van der Waals surface area contributed by atoms with E-state index in [1.807, 2.05) is 21.3 Å². The van der Waals surface area contributed by atoms with Gasteiger partial charge in [0.2, 0.25) is 0 Å². The summed E-state index contributed by atoms with van der Waals surface area (Å²) in [5, 5.41) is 9.27. The van der Waals surface area contributed by atoms with Crippen LogP contribution < -0.4 is 5.69 Å². The zero-order valence-electron chi connectivity index (χ0n) is 39.8. The SMILES string of the molecule is O=c1n(-c2cc(-n3c4ccccc4c4ccccc43)ccc2-n2c3ccccc3c3ccccc32)c2ccccc2n1-c1cc(-n2c3ccccc3c3ccccc32)ccc1-n1c2ccccc2c2ccccc21. The Labute approximate surface area is 423 Å². The lowest BCUT2D eigenvalue weighted by molar-refractivity contribution is 0.911. The quantitative estimate of drug-likeness (QED) is 0.164. The van der Waals surface area contributed by atoms with Crippen molar-refractivity contribution >= 4 is 98.3 Å². The molecular formula is C67H42N6O. The maximum absolute atomic E-state index is 16.7. The Morgan fingerprint density at radius 3 is 0.662 bits per heavy atom. The van der Waals surface area contributed by atoms with Gasteiger partial charge in [-0.25, -0.2) is 4.79 Å². The van der Waals surface area contributed by atoms with Crippen molar-refractivity contribution in [3.8, 4) is 34.1 Å². The van der Waals surface area contributed by atoms with E-state index in [1.165, 1.54) is 21.5 Å². The van der Waals surface area contributed by atoms with E-state index in [-0.39, 0.29) is 5.69 Å². The minimum Gasteiger partial charge on any atom is -0.309 e. The summed E-state index contributed by atoms with van der Waals surface area (Å²) in [4.78, 5) is 16.7. The lowest BCUT2D eigenvalue weighted by atomic mass is 10.2. The van der Waals surface area contributed by atoms with Gasteiger partial charge in [0.25, 0.3) is 0 Å². The molecule has 0 aliphatic heterocycles. The van der Waals surface area contributed by atoms with Gasteiger partial charge in [-0.3, -0.25) is 9.13 Å². The zero-order valence-corrected chi connectivity index (χ0v) is 39.8. The van der Waals surface area contributed by atoms with Crippen molar-refractivity contribution in [2.75, 3.05) is 0 Å². The summed E-state index contributed by atoms with van der Waals surface area (Å²) < 4.78 is 13.2. The molecule has 16 aromatic rings. The van der Waals surface area contributed by atoms with Crippen LogP contribution in [0, 0.1) is 0 Å². The molecule has 0 fully saturated rings. The molecule has 16 rings (SSSR count). The van der Waals surface area contributed by atoms with Gasteiger partial charge in [0, 0.05) is 54.5 Å². The summed E-state index contributed by atoms with van der Waals surface area (Å²) in [6.07, 6.45) is 0. The molecule has 0 aliphatic carbocycles. The summed E-state index contributed by atoms with van der Waals surface area (Å²) in [7, 11) is 0. The smallest absolute Gasteiger partial charge is 0.309 e. The Bertz CT molecular complexity index is 4540. The third-order valence-corrected chi connectivity index (χ3v) is 15.5. The van der Waals surface area contributed by atoms with Gasteiger partial charge in [0.05, 0.1) is 77.9 Å². The third-order valence-electron chi connectivity index (χ3n) is 15.5.